The van der Waals surface area contributed by atoms with Crippen molar-refractivity contribution in [3.05, 3.63) is 156 Å². The average Bonchev–Trinajstić information content (AvgIpc) is 1.64. The van der Waals surface area contributed by atoms with Crippen molar-refractivity contribution in [2.45, 2.75) is 95.9 Å². The lowest BCUT2D eigenvalue weighted by atomic mass is 9.90. The zero-order valence-corrected chi connectivity index (χ0v) is 52.3. The van der Waals surface area contributed by atoms with Crippen LogP contribution < -0.4 is 31.9 Å². The summed E-state index contributed by atoms with van der Waals surface area (Å²) in [7, 11) is 4.35. The first-order chi connectivity index (χ1) is 44.6. The molecule has 0 unspecified atom stereocenters. The van der Waals surface area contributed by atoms with E-state index in [2.05, 4.69) is 64.3 Å². The second-order valence-electron chi connectivity index (χ2n) is 24.6. The highest BCUT2D eigenvalue weighted by Gasteiger charge is 2.34. The van der Waals surface area contributed by atoms with E-state index in [1.54, 1.807) is 42.5 Å². The number of fused-ring (bicyclic) bond motifs is 2. The van der Waals surface area contributed by atoms with E-state index in [4.69, 9.17) is 21.7 Å². The van der Waals surface area contributed by atoms with Gasteiger partial charge >= 0.3 is 12.1 Å². The molecule has 0 bridgehead atoms. The van der Waals surface area contributed by atoms with Gasteiger partial charge in [-0.15, -0.1) is 0 Å². The number of aromatic nitrogens is 8. The van der Waals surface area contributed by atoms with E-state index in [0.717, 1.165) is 127 Å². The number of rotatable bonds is 13. The van der Waals surface area contributed by atoms with Crippen LogP contribution in [-0.2, 0) is 6.54 Å². The van der Waals surface area contributed by atoms with Crippen molar-refractivity contribution in [1.82, 2.24) is 59.1 Å². The minimum Gasteiger partial charge on any atom is -0.383 e. The molecule has 0 spiro atoms. The molecule has 92 heavy (non-hydrogen) atoms. The van der Waals surface area contributed by atoms with Gasteiger partial charge in [-0.3, -0.25) is 19.6 Å². The number of hydrogen-bond acceptors (Lipinski definition) is 14. The number of benzene rings is 5. The number of anilines is 6. The Hall–Kier alpha value is -9.10. The molecule has 4 fully saturated rings. The number of carbonyl (C=O) groups is 2. The molecule has 6 N–H and O–H groups in total. The van der Waals surface area contributed by atoms with E-state index in [1.807, 2.05) is 53.5 Å². The summed E-state index contributed by atoms with van der Waals surface area (Å²) in [6, 6.07) is 28.9. The molecule has 24 heteroatoms. The Labute approximate surface area is 532 Å². The third-order valence-electron chi connectivity index (χ3n) is 18.6. The predicted molar refractivity (Wildman–Crippen MR) is 352 cm³/mol. The molecule has 2 saturated heterocycles. The van der Waals surface area contributed by atoms with Crippen LogP contribution in [0.5, 0.6) is 0 Å². The van der Waals surface area contributed by atoms with Crippen LogP contribution in [-0.4, -0.2) is 156 Å². The molecular weight excluding hydrogens is 1180 g/mol. The lowest BCUT2D eigenvalue weighted by Gasteiger charge is -2.41. The number of halogens is 4. The van der Waals surface area contributed by atoms with Crippen LogP contribution in [0.25, 0.3) is 44.6 Å². The Kier molecular flexibility index (Phi) is 19.0. The second kappa shape index (κ2) is 27.8. The summed E-state index contributed by atoms with van der Waals surface area (Å²) in [5.74, 6) is -2.39. The number of amides is 4. The Balaban J connectivity index is 0.000000179. The van der Waals surface area contributed by atoms with E-state index in [-0.39, 0.29) is 41.5 Å². The molecule has 0 radical (unpaired) electrons. The monoisotopic (exact) mass is 1250 g/mol. The summed E-state index contributed by atoms with van der Waals surface area (Å²) < 4.78 is 63.8. The number of piperazine rings is 2. The van der Waals surface area contributed by atoms with E-state index in [9.17, 15) is 18.4 Å². The summed E-state index contributed by atoms with van der Waals surface area (Å²) in [5.41, 5.74) is 18.3. The maximum atomic E-state index is 16.2. The highest BCUT2D eigenvalue weighted by Crippen LogP contribution is 2.41. The first kappa shape index (κ1) is 63.1. The molecule has 2 aliphatic carbocycles. The van der Waals surface area contributed by atoms with E-state index < -0.39 is 35.3 Å². The van der Waals surface area contributed by atoms with Crippen molar-refractivity contribution < 1.29 is 27.2 Å². The molecule has 4 amide bonds. The molecule has 9 aromatic rings. The Morgan fingerprint density at radius 3 is 1.50 bits per heavy atom. The lowest BCUT2D eigenvalue weighted by Crippen LogP contribution is -2.49. The number of likely N-dealkylation sites (N-methyl/N-ethyl adjacent to an activating group) is 2. The van der Waals surface area contributed by atoms with Gasteiger partial charge in [-0.1, -0.05) is 54.6 Å². The summed E-state index contributed by atoms with van der Waals surface area (Å²) in [4.78, 5) is 56.7. The van der Waals surface area contributed by atoms with Crippen LogP contribution in [0, 0.1) is 30.2 Å². The van der Waals surface area contributed by atoms with Gasteiger partial charge in [0.1, 0.15) is 58.9 Å². The minimum atomic E-state index is -0.945. The molecule has 4 aromatic heterocycles. The van der Waals surface area contributed by atoms with Gasteiger partial charge in [0.2, 0.25) is 0 Å². The van der Waals surface area contributed by atoms with Crippen molar-refractivity contribution in [2.24, 2.45) is 0 Å². The fraction of sp³-hybridized carbons (Fsp3) is 0.382. The maximum absolute atomic E-state index is 16.2. The zero-order chi connectivity index (χ0) is 64.2. The Morgan fingerprint density at radius 2 is 1.02 bits per heavy atom. The van der Waals surface area contributed by atoms with E-state index in [0.29, 0.717) is 80.8 Å². The number of aryl methyl sites for hydroxylation is 1. The third-order valence-corrected chi connectivity index (χ3v) is 18.6. The number of nitrogen functional groups attached to an aromatic ring is 2. The van der Waals surface area contributed by atoms with Gasteiger partial charge < -0.3 is 31.9 Å². The zero-order valence-electron chi connectivity index (χ0n) is 52.3. The highest BCUT2D eigenvalue weighted by molar-refractivity contribution is 6.04. The molecule has 480 valence electrons. The van der Waals surface area contributed by atoms with Crippen molar-refractivity contribution in [2.75, 3.05) is 105 Å². The van der Waals surface area contributed by atoms with Crippen molar-refractivity contribution in [3.63, 3.8) is 0 Å². The average molecular weight is 1260 g/mol. The molecule has 4 aliphatic rings. The van der Waals surface area contributed by atoms with Crippen LogP contribution in [0.4, 0.5) is 61.5 Å². The van der Waals surface area contributed by atoms with Crippen LogP contribution in [0.1, 0.15) is 81.5 Å². The van der Waals surface area contributed by atoms with Gasteiger partial charge in [0.15, 0.2) is 11.3 Å². The number of nitrogens with two attached hydrogens (primary N) is 2. The predicted octanol–water partition coefficient (Wildman–Crippen LogP) is 11.8. The van der Waals surface area contributed by atoms with Crippen LogP contribution in [0.3, 0.4) is 0 Å². The first-order valence-electron chi connectivity index (χ1n) is 31.7. The van der Waals surface area contributed by atoms with Crippen molar-refractivity contribution >= 4 is 68.5 Å². The van der Waals surface area contributed by atoms with Crippen LogP contribution >= 0.6 is 0 Å². The summed E-state index contributed by atoms with van der Waals surface area (Å²) in [5, 5.41) is 16.4. The third kappa shape index (κ3) is 13.7. The Morgan fingerprint density at radius 1 is 0.533 bits per heavy atom. The van der Waals surface area contributed by atoms with Crippen LogP contribution in [0.15, 0.2) is 122 Å². The minimum absolute atomic E-state index is 0.0130. The molecule has 6 heterocycles. The van der Waals surface area contributed by atoms with Gasteiger partial charge in [0, 0.05) is 93.9 Å². The smallest absolute Gasteiger partial charge is 0.326 e. The molecule has 20 nitrogen and oxygen atoms in total. The number of nitrogens with zero attached hydrogens (tertiary/aromatic N) is 14. The molecule has 0 atom stereocenters. The molecular formula is C68H78F4N18O2. The van der Waals surface area contributed by atoms with Gasteiger partial charge in [0.05, 0.1) is 46.5 Å². The number of hydrogen-bond donors (Lipinski definition) is 4. The standard InChI is InChI=1S/C36H38F3N9O.C32H40FN9O/c1-45-15-17-46(18-16-45)26-9-11-27(12-10-26)48-35-32(34(40)41-22-42-35)33(44-48)24-7-14-31(29(39)19-24)47(21-23-5-3-2-4-6-23)36(49)43-30-13-8-25(37)20-28(30)38;1-4-41(32(43)37-23-7-5-6-21(2)18-23)27-13-8-22(19-26(27)33)29-28-30(34)35-20-36-31(28)42(38-29)25-11-9-24(10-12-25)40-16-14-39(3)15-17-40/h2-8,13-14,19-20,22,26-27H,9-12,15-18,21H2,1H3,(H,43,49)(H2,40,41,42);5-8,13,18-20,24-25H,4,9-12,14-17H2,1-3H3,(H,37,43)(H2,34,35,36). The fourth-order valence-electron chi connectivity index (χ4n) is 13.5. The molecule has 13 rings (SSSR count). The first-order valence-corrected chi connectivity index (χ1v) is 31.7. The molecule has 5 aromatic carbocycles. The number of carbonyl (C=O) groups excluding carboxylic acids is 2. The Bertz CT molecular complexity index is 4080. The largest absolute Gasteiger partial charge is 0.383 e. The van der Waals surface area contributed by atoms with Crippen molar-refractivity contribution in [3.8, 4) is 22.5 Å². The topological polar surface area (TPSA) is 217 Å². The van der Waals surface area contributed by atoms with Gasteiger partial charge in [-0.05, 0) is 139 Å². The van der Waals surface area contributed by atoms with Crippen molar-refractivity contribution in [1.29, 1.82) is 0 Å². The normalized spacial score (nSPS) is 19.3. The van der Waals surface area contributed by atoms with E-state index in [1.165, 1.54) is 40.7 Å². The second-order valence-corrected chi connectivity index (χ2v) is 24.6. The van der Waals surface area contributed by atoms with Gasteiger partial charge in [0.25, 0.3) is 0 Å². The number of nitrogens with one attached hydrogen (secondary N) is 2. The van der Waals surface area contributed by atoms with Crippen LogP contribution in [0.2, 0.25) is 0 Å². The molecule has 2 saturated carbocycles. The number of urea groups is 2. The summed E-state index contributed by atoms with van der Waals surface area (Å²) in [6.45, 7) is 12.9. The maximum Gasteiger partial charge on any atom is 0.326 e. The summed E-state index contributed by atoms with van der Waals surface area (Å²) in [6.07, 6.45) is 11.0. The fourth-order valence-corrected chi connectivity index (χ4v) is 13.5. The van der Waals surface area contributed by atoms with Gasteiger partial charge in [-0.2, -0.15) is 10.2 Å². The SMILES string of the molecule is CCN(C(=O)Nc1cccc(C)c1)c1ccc(-c2nn(C3CCC(N4CCN(C)CC4)CC3)c3ncnc(N)c23)cc1F.CN1CCN(C2CCC(n3nc(-c4ccc(N(Cc5ccccc5)C(=O)Nc5ccc(F)cc5F)c(F)c4)c4c(N)ncnc43)CC2)CC1. The molecule has 2 aliphatic heterocycles. The summed E-state index contributed by atoms with van der Waals surface area (Å²) >= 11 is 0. The van der Waals surface area contributed by atoms with E-state index >= 15 is 8.78 Å². The van der Waals surface area contributed by atoms with Gasteiger partial charge in [-0.25, -0.2) is 56.5 Å². The highest BCUT2D eigenvalue weighted by atomic mass is 19.1. The quantitative estimate of drug-likeness (QED) is 0.0790. The lowest BCUT2D eigenvalue weighted by molar-refractivity contribution is 0.0815.